The van der Waals surface area contributed by atoms with Gasteiger partial charge in [-0.05, 0) is 35.0 Å². The molecule has 2 aromatic carbocycles. The second-order valence-corrected chi connectivity index (χ2v) is 2.98. The maximum atomic E-state index is 11.2. The Balaban J connectivity index is 2.56. The summed E-state index contributed by atoms with van der Waals surface area (Å²) in [6.45, 7) is 0. The van der Waals surface area contributed by atoms with E-state index in [0.29, 0.717) is 5.56 Å². The lowest BCUT2D eigenvalue weighted by Gasteiger charge is -2.01. The molecule has 2 rings (SSSR count). The van der Waals surface area contributed by atoms with E-state index in [1.807, 2.05) is 30.3 Å². The van der Waals surface area contributed by atoms with Crippen LogP contribution in [0.2, 0.25) is 0 Å². The standard InChI is InChI=1S/C12H9O2/c1-14-12(13)11-7-6-9-4-2-3-5-10(9)8-11/h3-8H,1H3. The van der Waals surface area contributed by atoms with Crippen molar-refractivity contribution in [3.05, 3.63) is 48.0 Å². The van der Waals surface area contributed by atoms with Crippen LogP contribution in [0, 0.1) is 6.07 Å². The Kier molecular flexibility index (Phi) is 2.19. The molecule has 0 saturated heterocycles. The number of hydrogen-bond acceptors (Lipinski definition) is 2. The molecule has 0 unspecified atom stereocenters. The first-order chi connectivity index (χ1) is 6.81. The normalized spacial score (nSPS) is 10.1. The molecular formula is C12H9O2. The summed E-state index contributed by atoms with van der Waals surface area (Å²) in [6.07, 6.45) is 0. The Bertz CT molecular complexity index is 474. The molecule has 0 atom stereocenters. The average molecular weight is 185 g/mol. The van der Waals surface area contributed by atoms with E-state index in [9.17, 15) is 4.79 Å². The van der Waals surface area contributed by atoms with Gasteiger partial charge in [-0.3, -0.25) is 0 Å². The van der Waals surface area contributed by atoms with Crippen LogP contribution in [0.4, 0.5) is 0 Å². The second-order valence-electron chi connectivity index (χ2n) is 2.98. The van der Waals surface area contributed by atoms with Gasteiger partial charge in [0.2, 0.25) is 0 Å². The molecule has 0 bridgehead atoms. The molecule has 2 nitrogen and oxygen atoms in total. The molecule has 69 valence electrons. The summed E-state index contributed by atoms with van der Waals surface area (Å²) in [4.78, 5) is 11.2. The van der Waals surface area contributed by atoms with Gasteiger partial charge >= 0.3 is 5.97 Å². The molecule has 0 aromatic heterocycles. The lowest BCUT2D eigenvalue weighted by Crippen LogP contribution is -2.00. The number of rotatable bonds is 1. The summed E-state index contributed by atoms with van der Waals surface area (Å²) < 4.78 is 4.64. The van der Waals surface area contributed by atoms with Crippen LogP contribution in [0.3, 0.4) is 0 Å². The monoisotopic (exact) mass is 185 g/mol. The fourth-order valence-electron chi connectivity index (χ4n) is 1.37. The van der Waals surface area contributed by atoms with Crippen molar-refractivity contribution in [1.29, 1.82) is 0 Å². The minimum Gasteiger partial charge on any atom is -0.465 e. The molecule has 0 spiro atoms. The van der Waals surface area contributed by atoms with Gasteiger partial charge in [-0.15, -0.1) is 0 Å². The molecule has 0 aliphatic heterocycles. The summed E-state index contributed by atoms with van der Waals surface area (Å²) in [7, 11) is 1.38. The van der Waals surface area contributed by atoms with Crippen LogP contribution in [0.5, 0.6) is 0 Å². The van der Waals surface area contributed by atoms with Crippen LogP contribution in [-0.2, 0) is 4.74 Å². The second kappa shape index (κ2) is 3.50. The maximum Gasteiger partial charge on any atom is 0.337 e. The first-order valence-corrected chi connectivity index (χ1v) is 4.29. The summed E-state index contributed by atoms with van der Waals surface area (Å²) >= 11 is 0. The van der Waals surface area contributed by atoms with E-state index in [-0.39, 0.29) is 5.97 Å². The zero-order chi connectivity index (χ0) is 9.97. The summed E-state index contributed by atoms with van der Waals surface area (Å²) in [6, 6.07) is 14.1. The predicted octanol–water partition coefficient (Wildman–Crippen LogP) is 2.43. The number of carbonyl (C=O) groups is 1. The predicted molar refractivity (Wildman–Crippen MR) is 54.1 cm³/mol. The molecular weight excluding hydrogens is 176 g/mol. The van der Waals surface area contributed by atoms with E-state index < -0.39 is 0 Å². The number of carbonyl (C=O) groups excluding carboxylic acids is 1. The third-order valence-corrected chi connectivity index (χ3v) is 2.11. The highest BCUT2D eigenvalue weighted by molar-refractivity contribution is 5.95. The molecule has 0 heterocycles. The lowest BCUT2D eigenvalue weighted by molar-refractivity contribution is 0.0601. The zero-order valence-electron chi connectivity index (χ0n) is 7.78. The first-order valence-electron chi connectivity index (χ1n) is 4.29. The molecule has 14 heavy (non-hydrogen) atoms. The summed E-state index contributed by atoms with van der Waals surface area (Å²) in [5, 5.41) is 2.09. The van der Waals surface area contributed by atoms with Gasteiger partial charge in [0.25, 0.3) is 0 Å². The minimum absolute atomic E-state index is 0.306. The number of methoxy groups -OCH3 is 1. The third-order valence-electron chi connectivity index (χ3n) is 2.11. The summed E-state index contributed by atoms with van der Waals surface area (Å²) in [5.41, 5.74) is 0.575. The van der Waals surface area contributed by atoms with Gasteiger partial charge in [-0.1, -0.05) is 18.2 Å². The van der Waals surface area contributed by atoms with Gasteiger partial charge < -0.3 is 4.74 Å². The zero-order valence-corrected chi connectivity index (χ0v) is 7.78. The van der Waals surface area contributed by atoms with E-state index in [0.717, 1.165) is 10.8 Å². The van der Waals surface area contributed by atoms with Crippen molar-refractivity contribution in [1.82, 2.24) is 0 Å². The van der Waals surface area contributed by atoms with Gasteiger partial charge in [0.1, 0.15) is 0 Å². The van der Waals surface area contributed by atoms with E-state index in [1.165, 1.54) is 7.11 Å². The van der Waals surface area contributed by atoms with Gasteiger partial charge in [-0.2, -0.15) is 0 Å². The Morgan fingerprint density at radius 1 is 1.29 bits per heavy atom. The minimum atomic E-state index is -0.306. The Hall–Kier alpha value is -1.83. The van der Waals surface area contributed by atoms with Crippen molar-refractivity contribution in [3.63, 3.8) is 0 Å². The van der Waals surface area contributed by atoms with E-state index in [1.54, 1.807) is 6.07 Å². The van der Waals surface area contributed by atoms with Gasteiger partial charge in [-0.25, -0.2) is 4.79 Å². The molecule has 2 aromatic rings. The van der Waals surface area contributed by atoms with Crippen molar-refractivity contribution < 1.29 is 9.53 Å². The van der Waals surface area contributed by atoms with Crippen molar-refractivity contribution in [3.8, 4) is 0 Å². The number of esters is 1. The molecule has 0 fully saturated rings. The van der Waals surface area contributed by atoms with E-state index in [4.69, 9.17) is 0 Å². The van der Waals surface area contributed by atoms with Gasteiger partial charge in [0.05, 0.1) is 12.7 Å². The van der Waals surface area contributed by atoms with Crippen LogP contribution >= 0.6 is 0 Å². The Morgan fingerprint density at radius 3 is 2.93 bits per heavy atom. The molecule has 1 radical (unpaired) electrons. The Morgan fingerprint density at radius 2 is 2.14 bits per heavy atom. The van der Waals surface area contributed by atoms with Crippen LogP contribution < -0.4 is 0 Å². The van der Waals surface area contributed by atoms with Gasteiger partial charge in [0.15, 0.2) is 0 Å². The molecule has 0 amide bonds. The topological polar surface area (TPSA) is 26.3 Å². The maximum absolute atomic E-state index is 11.2. The van der Waals surface area contributed by atoms with Crippen LogP contribution in [0.15, 0.2) is 36.4 Å². The Labute approximate surface area is 82.1 Å². The highest BCUT2D eigenvalue weighted by Gasteiger charge is 2.04. The van der Waals surface area contributed by atoms with Crippen molar-refractivity contribution >= 4 is 16.7 Å². The number of benzene rings is 2. The van der Waals surface area contributed by atoms with Crippen LogP contribution in [0.1, 0.15) is 10.4 Å². The van der Waals surface area contributed by atoms with Crippen LogP contribution in [-0.4, -0.2) is 13.1 Å². The van der Waals surface area contributed by atoms with Gasteiger partial charge in [0, 0.05) is 0 Å². The van der Waals surface area contributed by atoms with Crippen molar-refractivity contribution in [2.75, 3.05) is 7.11 Å². The molecule has 0 aliphatic carbocycles. The fourth-order valence-corrected chi connectivity index (χ4v) is 1.37. The summed E-state index contributed by atoms with van der Waals surface area (Å²) in [5.74, 6) is -0.306. The molecule has 0 N–H and O–H groups in total. The SMILES string of the molecule is COC(=O)c1ccc2c[c]ccc2c1. The van der Waals surface area contributed by atoms with Crippen molar-refractivity contribution in [2.45, 2.75) is 0 Å². The fraction of sp³-hybridized carbons (Fsp3) is 0.0833. The quantitative estimate of drug-likeness (QED) is 0.638. The largest absolute Gasteiger partial charge is 0.465 e. The highest BCUT2D eigenvalue weighted by Crippen LogP contribution is 2.15. The smallest absolute Gasteiger partial charge is 0.337 e. The van der Waals surface area contributed by atoms with Crippen molar-refractivity contribution in [2.24, 2.45) is 0 Å². The number of fused-ring (bicyclic) bond motifs is 1. The number of ether oxygens (including phenoxy) is 1. The van der Waals surface area contributed by atoms with E-state index >= 15 is 0 Å². The van der Waals surface area contributed by atoms with Crippen LogP contribution in [0.25, 0.3) is 10.8 Å². The molecule has 2 heteroatoms. The van der Waals surface area contributed by atoms with E-state index in [2.05, 4.69) is 10.8 Å². The third kappa shape index (κ3) is 1.46. The average Bonchev–Trinajstić information content (AvgIpc) is 2.27. The highest BCUT2D eigenvalue weighted by atomic mass is 16.5. The molecule has 0 aliphatic rings. The lowest BCUT2D eigenvalue weighted by atomic mass is 10.1. The first kappa shape index (κ1) is 8.75. The molecule has 0 saturated carbocycles. The number of hydrogen-bond donors (Lipinski definition) is 0.